The van der Waals surface area contributed by atoms with Crippen molar-refractivity contribution >= 4 is 10.8 Å². The van der Waals surface area contributed by atoms with Gasteiger partial charge < -0.3 is 9.47 Å². The van der Waals surface area contributed by atoms with Crippen LogP contribution in [0.25, 0.3) is 10.8 Å². The molecule has 0 amide bonds. The third-order valence-corrected chi connectivity index (χ3v) is 3.89. The van der Waals surface area contributed by atoms with Crippen LogP contribution < -0.4 is 9.47 Å². The number of hydrogen-bond acceptors (Lipinski definition) is 2. The van der Waals surface area contributed by atoms with Gasteiger partial charge in [0.25, 0.3) is 0 Å². The van der Waals surface area contributed by atoms with Gasteiger partial charge in [0.05, 0.1) is 17.9 Å². The number of hydrogen-bond donors (Lipinski definition) is 0. The highest BCUT2D eigenvalue weighted by Gasteiger charge is 2.34. The van der Waals surface area contributed by atoms with E-state index in [2.05, 4.69) is 9.47 Å². The molecular weight excluding hydrogens is 445 g/mol. The normalized spacial score (nSPS) is 11.3. The molecule has 0 fully saturated rings. The van der Waals surface area contributed by atoms with Crippen LogP contribution in [0.15, 0.2) is 0 Å². The highest BCUT2D eigenvalue weighted by atomic mass is 19.2. The Labute approximate surface area is 158 Å². The molecular formula is C17H3F11O2. The lowest BCUT2D eigenvalue weighted by molar-refractivity contribution is 0.306. The zero-order valence-electron chi connectivity index (χ0n) is 14.0. The molecule has 0 saturated heterocycles. The van der Waals surface area contributed by atoms with Crippen LogP contribution >= 0.6 is 0 Å². The van der Waals surface area contributed by atoms with Gasteiger partial charge in [-0.25, -0.2) is 39.5 Å². The van der Waals surface area contributed by atoms with Crippen LogP contribution in [0.1, 0.15) is 0 Å². The van der Waals surface area contributed by atoms with Crippen molar-refractivity contribution in [1.29, 1.82) is 0 Å². The Hall–Kier alpha value is -3.25. The summed E-state index contributed by atoms with van der Waals surface area (Å²) in [5.74, 6) is -32.9. The lowest BCUT2D eigenvalue weighted by Crippen LogP contribution is -2.08. The Morgan fingerprint density at radius 1 is 0.367 bits per heavy atom. The van der Waals surface area contributed by atoms with E-state index < -0.39 is 92.0 Å². The predicted molar refractivity (Wildman–Crippen MR) is 76.6 cm³/mol. The molecule has 30 heavy (non-hydrogen) atoms. The second-order valence-corrected chi connectivity index (χ2v) is 5.50. The van der Waals surface area contributed by atoms with E-state index in [4.69, 9.17) is 0 Å². The van der Waals surface area contributed by atoms with E-state index >= 15 is 0 Å². The number of benzene rings is 3. The first-order valence-corrected chi connectivity index (χ1v) is 7.35. The van der Waals surface area contributed by atoms with E-state index in [0.717, 1.165) is 0 Å². The first kappa shape index (κ1) is 21.5. The third kappa shape index (κ3) is 2.79. The molecule has 0 N–H and O–H groups in total. The number of halogens is 11. The molecule has 3 aromatic carbocycles. The molecule has 3 aromatic rings. The molecule has 160 valence electrons. The van der Waals surface area contributed by atoms with Gasteiger partial charge >= 0.3 is 0 Å². The van der Waals surface area contributed by atoms with Gasteiger partial charge in [0, 0.05) is 0 Å². The molecule has 0 aliphatic heterocycles. The maximum absolute atomic E-state index is 14.7. The largest absolute Gasteiger partial charge is 0.490 e. The highest BCUT2D eigenvalue weighted by molar-refractivity contribution is 5.89. The van der Waals surface area contributed by atoms with Crippen LogP contribution in [0.5, 0.6) is 17.2 Å². The molecule has 0 aromatic heterocycles. The minimum atomic E-state index is -2.62. The molecule has 0 atom stereocenters. The average Bonchev–Trinajstić information content (AvgIpc) is 2.72. The van der Waals surface area contributed by atoms with Crippen molar-refractivity contribution < 1.29 is 57.8 Å². The molecule has 0 aliphatic carbocycles. The lowest BCUT2D eigenvalue weighted by Gasteiger charge is -2.17. The van der Waals surface area contributed by atoms with E-state index in [1.54, 1.807) is 0 Å². The molecule has 0 bridgehead atoms. The second kappa shape index (κ2) is 7.22. The van der Waals surface area contributed by atoms with Gasteiger partial charge in [-0.2, -0.15) is 8.78 Å². The van der Waals surface area contributed by atoms with Crippen LogP contribution in [-0.4, -0.2) is 7.11 Å². The summed E-state index contributed by atoms with van der Waals surface area (Å²) in [5, 5.41) is -3.71. The van der Waals surface area contributed by atoms with E-state index in [1.165, 1.54) is 0 Å². The zero-order valence-corrected chi connectivity index (χ0v) is 14.0. The van der Waals surface area contributed by atoms with Crippen molar-refractivity contribution in [3.8, 4) is 17.2 Å². The Balaban J connectivity index is 2.44. The Kier molecular flexibility index (Phi) is 5.16. The van der Waals surface area contributed by atoms with Crippen molar-refractivity contribution in [2.24, 2.45) is 0 Å². The fourth-order valence-corrected chi connectivity index (χ4v) is 2.52. The van der Waals surface area contributed by atoms with Crippen LogP contribution in [0.3, 0.4) is 0 Å². The lowest BCUT2D eigenvalue weighted by atomic mass is 10.1. The van der Waals surface area contributed by atoms with Crippen molar-refractivity contribution in [3.63, 3.8) is 0 Å². The van der Waals surface area contributed by atoms with E-state index in [0.29, 0.717) is 7.11 Å². The predicted octanol–water partition coefficient (Wildman–Crippen LogP) is 6.17. The van der Waals surface area contributed by atoms with Crippen LogP contribution in [0.4, 0.5) is 48.3 Å². The first-order valence-electron chi connectivity index (χ1n) is 7.35. The van der Waals surface area contributed by atoms with Gasteiger partial charge in [-0.05, 0) is 0 Å². The second-order valence-electron chi connectivity index (χ2n) is 5.50. The maximum Gasteiger partial charge on any atom is 0.209 e. The summed E-state index contributed by atoms with van der Waals surface area (Å²) >= 11 is 0. The standard InChI is InChI=1S/C17H3F11O2/c1-29-16-6(20)2-3(5(19)9(23)8(22)4(2)18)7(21)17(16)30-15-13(27)11(25)10(24)12(26)14(15)28/h1H3. The van der Waals surface area contributed by atoms with Crippen LogP contribution in [-0.2, 0) is 0 Å². The molecule has 13 heteroatoms. The van der Waals surface area contributed by atoms with Gasteiger partial charge in [0.1, 0.15) is 0 Å². The summed E-state index contributed by atoms with van der Waals surface area (Å²) in [6.45, 7) is 0. The highest BCUT2D eigenvalue weighted by Crippen LogP contribution is 2.45. The summed E-state index contributed by atoms with van der Waals surface area (Å²) in [7, 11) is 0.559. The monoisotopic (exact) mass is 448 g/mol. The summed E-state index contributed by atoms with van der Waals surface area (Å²) in [5.41, 5.74) is 0. The molecule has 0 unspecified atom stereocenters. The van der Waals surface area contributed by atoms with Gasteiger partial charge in [-0.15, -0.1) is 0 Å². The Morgan fingerprint density at radius 3 is 1.10 bits per heavy atom. The minimum Gasteiger partial charge on any atom is -0.490 e. The van der Waals surface area contributed by atoms with Crippen LogP contribution in [0, 0.1) is 64.0 Å². The Bertz CT molecular complexity index is 1190. The third-order valence-electron chi connectivity index (χ3n) is 3.89. The summed E-state index contributed by atoms with van der Waals surface area (Å²) in [6.07, 6.45) is 0. The number of rotatable bonds is 3. The van der Waals surface area contributed by atoms with Crippen molar-refractivity contribution in [3.05, 3.63) is 64.0 Å². The summed E-state index contributed by atoms with van der Waals surface area (Å²) < 4.78 is 160. The number of ether oxygens (including phenoxy) is 2. The van der Waals surface area contributed by atoms with Gasteiger partial charge in [0.15, 0.2) is 34.9 Å². The molecule has 0 radical (unpaired) electrons. The number of methoxy groups -OCH3 is 1. The molecule has 2 nitrogen and oxygen atoms in total. The van der Waals surface area contributed by atoms with Crippen molar-refractivity contribution in [2.75, 3.05) is 7.11 Å². The zero-order chi connectivity index (χ0) is 22.7. The van der Waals surface area contributed by atoms with Crippen molar-refractivity contribution in [2.45, 2.75) is 0 Å². The average molecular weight is 448 g/mol. The summed E-state index contributed by atoms with van der Waals surface area (Å²) in [4.78, 5) is 0. The number of fused-ring (bicyclic) bond motifs is 1. The molecule has 0 spiro atoms. The molecule has 0 saturated carbocycles. The van der Waals surface area contributed by atoms with E-state index in [1.807, 2.05) is 0 Å². The first-order chi connectivity index (χ1) is 13.9. The van der Waals surface area contributed by atoms with E-state index in [9.17, 15) is 48.3 Å². The maximum atomic E-state index is 14.7. The van der Waals surface area contributed by atoms with E-state index in [-0.39, 0.29) is 0 Å². The van der Waals surface area contributed by atoms with Gasteiger partial charge in [0.2, 0.25) is 46.3 Å². The van der Waals surface area contributed by atoms with Gasteiger partial charge in [-0.3, -0.25) is 0 Å². The topological polar surface area (TPSA) is 18.5 Å². The Morgan fingerprint density at radius 2 is 0.700 bits per heavy atom. The van der Waals surface area contributed by atoms with Crippen LogP contribution in [0.2, 0.25) is 0 Å². The smallest absolute Gasteiger partial charge is 0.209 e. The minimum absolute atomic E-state index is 0.559. The molecule has 0 aliphatic rings. The SMILES string of the molecule is COc1c(Oc2c(F)c(F)c(F)c(F)c2F)c(F)c2c(F)c(F)c(F)c(F)c2c1F. The molecule has 3 rings (SSSR count). The summed E-state index contributed by atoms with van der Waals surface area (Å²) in [6, 6.07) is 0. The fourth-order valence-electron chi connectivity index (χ4n) is 2.52. The van der Waals surface area contributed by atoms with Crippen molar-refractivity contribution in [1.82, 2.24) is 0 Å². The molecule has 0 heterocycles. The fraction of sp³-hybridized carbons (Fsp3) is 0.0588. The van der Waals surface area contributed by atoms with Gasteiger partial charge in [-0.1, -0.05) is 0 Å². The quantitative estimate of drug-likeness (QED) is 0.271.